The zero-order chi connectivity index (χ0) is 22.0. The predicted molar refractivity (Wildman–Crippen MR) is 135 cm³/mol. The minimum Gasteiger partial charge on any atom is -0.368 e. The SMILES string of the molecule is Cl.Cl.N[C@@H](Cc1ccncc1)C(=O)N1CCC2(CC1)OCCc1cnc(-c3ccccc3)nc12. The van der Waals surface area contributed by atoms with Crippen molar-refractivity contribution in [3.8, 4) is 11.4 Å². The summed E-state index contributed by atoms with van der Waals surface area (Å²) < 4.78 is 6.34. The van der Waals surface area contributed by atoms with E-state index in [1.165, 1.54) is 0 Å². The minimum atomic E-state index is -0.557. The summed E-state index contributed by atoms with van der Waals surface area (Å²) in [6, 6.07) is 13.2. The van der Waals surface area contributed by atoms with Crippen LogP contribution in [0.4, 0.5) is 0 Å². The van der Waals surface area contributed by atoms with E-state index in [9.17, 15) is 4.79 Å². The Morgan fingerprint density at radius 3 is 2.50 bits per heavy atom. The summed E-state index contributed by atoms with van der Waals surface area (Å²) in [6.07, 6.45) is 8.12. The highest BCUT2D eigenvalue weighted by atomic mass is 35.5. The molecule has 0 unspecified atom stereocenters. The third-order valence-corrected chi connectivity index (χ3v) is 6.48. The minimum absolute atomic E-state index is 0. The van der Waals surface area contributed by atoms with Gasteiger partial charge >= 0.3 is 0 Å². The van der Waals surface area contributed by atoms with Gasteiger partial charge in [-0.1, -0.05) is 30.3 Å². The molecule has 1 fully saturated rings. The Bertz CT molecular complexity index is 1090. The molecule has 180 valence electrons. The molecule has 0 bridgehead atoms. The number of rotatable bonds is 4. The van der Waals surface area contributed by atoms with Crippen LogP contribution in [0.1, 0.15) is 29.7 Å². The number of likely N-dealkylation sites (tertiary alicyclic amines) is 1. The van der Waals surface area contributed by atoms with Gasteiger partial charge in [-0.05, 0) is 48.9 Å². The maximum atomic E-state index is 13.0. The molecule has 3 aromatic rings. The number of nitrogens with two attached hydrogens (primary N) is 1. The number of piperidine rings is 1. The number of aromatic nitrogens is 3. The molecule has 0 aliphatic carbocycles. The molecular weight excluding hydrogens is 473 g/mol. The number of hydrogen-bond acceptors (Lipinski definition) is 6. The summed E-state index contributed by atoms with van der Waals surface area (Å²) in [5, 5.41) is 0. The van der Waals surface area contributed by atoms with Gasteiger partial charge in [-0.2, -0.15) is 0 Å². The van der Waals surface area contributed by atoms with E-state index in [1.54, 1.807) is 12.4 Å². The van der Waals surface area contributed by atoms with Gasteiger partial charge in [0.05, 0.1) is 18.3 Å². The van der Waals surface area contributed by atoms with Crippen molar-refractivity contribution < 1.29 is 9.53 Å². The van der Waals surface area contributed by atoms with Crippen molar-refractivity contribution in [3.05, 3.63) is 77.9 Å². The van der Waals surface area contributed by atoms with Crippen LogP contribution in [0, 0.1) is 0 Å². The zero-order valence-electron chi connectivity index (χ0n) is 18.8. The molecule has 2 N–H and O–H groups in total. The van der Waals surface area contributed by atoms with Gasteiger partial charge < -0.3 is 15.4 Å². The second kappa shape index (κ2) is 11.2. The van der Waals surface area contributed by atoms with Gasteiger partial charge in [0.2, 0.25) is 5.91 Å². The molecule has 0 radical (unpaired) electrons. The third-order valence-electron chi connectivity index (χ3n) is 6.48. The fourth-order valence-corrected chi connectivity index (χ4v) is 4.70. The Hall–Kier alpha value is -2.58. The summed E-state index contributed by atoms with van der Waals surface area (Å²) in [5.41, 5.74) is 9.91. The Morgan fingerprint density at radius 1 is 1.09 bits per heavy atom. The standard InChI is InChI=1S/C25H27N5O2.2ClH/c26-21(16-18-6-11-27-12-7-18)24(31)30-13-9-25(10-14-30)22-20(8-15-32-25)17-28-23(29-22)19-4-2-1-3-5-19;;/h1-7,11-12,17,21H,8-10,13-16,26H2;2*1H/t21-;;/m0../s1. The van der Waals surface area contributed by atoms with Gasteiger partial charge in [-0.15, -0.1) is 24.8 Å². The lowest BCUT2D eigenvalue weighted by atomic mass is 9.83. The molecule has 1 saturated heterocycles. The van der Waals surface area contributed by atoms with Crippen molar-refractivity contribution in [1.29, 1.82) is 0 Å². The topological polar surface area (TPSA) is 94.2 Å². The molecule has 5 rings (SSSR count). The smallest absolute Gasteiger partial charge is 0.239 e. The van der Waals surface area contributed by atoms with Crippen molar-refractivity contribution in [2.45, 2.75) is 37.3 Å². The van der Waals surface area contributed by atoms with Crippen LogP contribution in [0.15, 0.2) is 61.1 Å². The van der Waals surface area contributed by atoms with E-state index in [1.807, 2.05) is 53.6 Å². The van der Waals surface area contributed by atoms with E-state index >= 15 is 0 Å². The van der Waals surface area contributed by atoms with Crippen LogP contribution in [0.5, 0.6) is 0 Å². The highest BCUT2D eigenvalue weighted by Gasteiger charge is 2.43. The van der Waals surface area contributed by atoms with Crippen molar-refractivity contribution in [2.24, 2.45) is 5.73 Å². The number of halogens is 2. The first-order valence-electron chi connectivity index (χ1n) is 11.1. The zero-order valence-corrected chi connectivity index (χ0v) is 20.4. The van der Waals surface area contributed by atoms with Crippen LogP contribution in [-0.2, 0) is 28.0 Å². The van der Waals surface area contributed by atoms with Crippen LogP contribution in [0.2, 0.25) is 0 Å². The quantitative estimate of drug-likeness (QED) is 0.588. The number of pyridine rings is 1. The van der Waals surface area contributed by atoms with Crippen molar-refractivity contribution in [1.82, 2.24) is 19.9 Å². The molecule has 2 aliphatic heterocycles. The molecule has 1 aromatic carbocycles. The highest BCUT2D eigenvalue weighted by Crippen LogP contribution is 2.41. The first-order valence-corrected chi connectivity index (χ1v) is 11.1. The Kier molecular flexibility index (Phi) is 8.60. The van der Waals surface area contributed by atoms with Crippen molar-refractivity contribution >= 4 is 30.7 Å². The average molecular weight is 502 g/mol. The molecule has 2 aromatic heterocycles. The van der Waals surface area contributed by atoms with Crippen molar-refractivity contribution in [3.63, 3.8) is 0 Å². The molecule has 0 saturated carbocycles. The van der Waals surface area contributed by atoms with E-state index in [-0.39, 0.29) is 30.7 Å². The maximum absolute atomic E-state index is 13.0. The molecule has 4 heterocycles. The monoisotopic (exact) mass is 501 g/mol. The number of benzene rings is 1. The number of ether oxygens (including phenoxy) is 1. The molecule has 1 atom stereocenters. The normalized spacial score (nSPS) is 17.1. The van der Waals surface area contributed by atoms with E-state index in [4.69, 9.17) is 15.5 Å². The summed E-state index contributed by atoms with van der Waals surface area (Å²) in [6.45, 7) is 1.86. The number of carbonyl (C=O) groups excluding carboxylic acids is 1. The van der Waals surface area contributed by atoms with Gasteiger partial charge in [0, 0.05) is 37.2 Å². The number of amides is 1. The van der Waals surface area contributed by atoms with E-state index in [0.29, 0.717) is 44.8 Å². The third kappa shape index (κ3) is 5.23. The summed E-state index contributed by atoms with van der Waals surface area (Å²) in [4.78, 5) is 28.4. The van der Waals surface area contributed by atoms with Crippen LogP contribution in [0.25, 0.3) is 11.4 Å². The lowest BCUT2D eigenvalue weighted by Crippen LogP contribution is -2.53. The molecule has 34 heavy (non-hydrogen) atoms. The summed E-state index contributed by atoms with van der Waals surface area (Å²) >= 11 is 0. The molecular formula is C25H29Cl2N5O2. The van der Waals surface area contributed by atoms with Gasteiger partial charge in [0.25, 0.3) is 0 Å². The van der Waals surface area contributed by atoms with Gasteiger partial charge in [0.15, 0.2) is 5.82 Å². The number of nitrogens with zero attached hydrogens (tertiary/aromatic N) is 4. The number of hydrogen-bond donors (Lipinski definition) is 1. The maximum Gasteiger partial charge on any atom is 0.239 e. The summed E-state index contributed by atoms with van der Waals surface area (Å²) in [5.74, 6) is 0.701. The highest BCUT2D eigenvalue weighted by molar-refractivity contribution is 5.85. The average Bonchev–Trinajstić information content (AvgIpc) is 2.85. The van der Waals surface area contributed by atoms with Crippen LogP contribution in [-0.4, -0.2) is 51.5 Å². The fourth-order valence-electron chi connectivity index (χ4n) is 4.70. The first kappa shape index (κ1) is 26.0. The summed E-state index contributed by atoms with van der Waals surface area (Å²) in [7, 11) is 0. The Balaban J connectivity index is 0.00000162. The Morgan fingerprint density at radius 2 is 1.79 bits per heavy atom. The van der Waals surface area contributed by atoms with Crippen LogP contribution >= 0.6 is 24.8 Å². The first-order chi connectivity index (χ1) is 15.6. The van der Waals surface area contributed by atoms with Crippen molar-refractivity contribution in [2.75, 3.05) is 19.7 Å². The second-order valence-corrected chi connectivity index (χ2v) is 8.52. The predicted octanol–water partition coefficient (Wildman–Crippen LogP) is 3.34. The lowest BCUT2D eigenvalue weighted by molar-refractivity contribution is -0.142. The van der Waals surface area contributed by atoms with E-state index in [2.05, 4.69) is 9.97 Å². The second-order valence-electron chi connectivity index (χ2n) is 8.52. The largest absolute Gasteiger partial charge is 0.368 e. The molecule has 9 heteroatoms. The molecule has 1 spiro atoms. The number of carbonyl (C=O) groups is 1. The number of fused-ring (bicyclic) bond motifs is 2. The Labute approximate surface area is 212 Å². The van der Waals surface area contributed by atoms with Gasteiger partial charge in [-0.3, -0.25) is 9.78 Å². The fraction of sp³-hybridized carbons (Fsp3) is 0.360. The lowest BCUT2D eigenvalue weighted by Gasteiger charge is -2.44. The van der Waals surface area contributed by atoms with Gasteiger partial charge in [0.1, 0.15) is 5.60 Å². The van der Waals surface area contributed by atoms with E-state index < -0.39 is 11.6 Å². The van der Waals surface area contributed by atoms with E-state index in [0.717, 1.165) is 28.8 Å². The molecule has 2 aliphatic rings. The van der Waals surface area contributed by atoms with Crippen LogP contribution in [0.3, 0.4) is 0 Å². The molecule has 7 nitrogen and oxygen atoms in total. The van der Waals surface area contributed by atoms with Gasteiger partial charge in [-0.25, -0.2) is 9.97 Å². The molecule has 1 amide bonds. The van der Waals surface area contributed by atoms with Crippen LogP contribution < -0.4 is 5.73 Å².